The van der Waals surface area contributed by atoms with Crippen molar-refractivity contribution in [1.29, 1.82) is 0 Å². The quantitative estimate of drug-likeness (QED) is 0.840. The monoisotopic (exact) mass is 369 g/mol. The van der Waals surface area contributed by atoms with Gasteiger partial charge in [0.15, 0.2) is 0 Å². The number of carbonyl (C=O) groups excluding carboxylic acids is 2. The second-order valence-corrected chi connectivity index (χ2v) is 6.02. The van der Waals surface area contributed by atoms with Gasteiger partial charge in [-0.25, -0.2) is 9.40 Å². The third-order valence-corrected chi connectivity index (χ3v) is 4.28. The van der Waals surface area contributed by atoms with Gasteiger partial charge in [-0.15, -0.1) is 0 Å². The number of halogens is 1. The molecule has 0 saturated carbocycles. The molecule has 2 aromatic carbocycles. The predicted octanol–water partition coefficient (Wildman–Crippen LogP) is 1.79. The molecule has 0 spiro atoms. The molecule has 1 heterocycles. The highest BCUT2D eigenvalue weighted by atomic mass is 19.1. The fraction of sp³-hybridized carbons (Fsp3) is 0.200. The summed E-state index contributed by atoms with van der Waals surface area (Å²) >= 11 is 0. The van der Waals surface area contributed by atoms with E-state index < -0.39 is 30.2 Å². The Hall–Kier alpha value is -3.35. The second kappa shape index (κ2) is 7.90. The number of hydrogen-bond donors (Lipinski definition) is 1. The van der Waals surface area contributed by atoms with Crippen molar-refractivity contribution in [3.8, 4) is 5.75 Å². The minimum Gasteiger partial charge on any atom is -0.550 e. The maximum absolute atomic E-state index is 14.3. The zero-order valence-corrected chi connectivity index (χ0v) is 14.6. The van der Waals surface area contributed by atoms with Crippen molar-refractivity contribution in [3.63, 3.8) is 0 Å². The average molecular weight is 369 g/mol. The Balaban J connectivity index is 1.92. The van der Waals surface area contributed by atoms with Crippen LogP contribution in [-0.2, 0) is 9.59 Å². The number of hydrogen-bond acceptors (Lipinski definition) is 5. The van der Waals surface area contributed by atoms with Crippen LogP contribution in [0.5, 0.6) is 5.75 Å². The van der Waals surface area contributed by atoms with Crippen LogP contribution in [0.4, 0.5) is 4.39 Å². The van der Waals surface area contributed by atoms with Crippen LogP contribution < -0.4 is 15.3 Å². The number of carboxylic acids is 1. The Bertz CT molecular complexity index is 880. The van der Waals surface area contributed by atoms with Crippen LogP contribution in [0, 0.1) is 5.82 Å². The molecule has 2 aromatic rings. The molecular weight excluding hydrogens is 351 g/mol. The molecule has 1 N–H and O–H groups in total. The van der Waals surface area contributed by atoms with E-state index in [-0.39, 0.29) is 6.42 Å². The van der Waals surface area contributed by atoms with Crippen LogP contribution in [0.1, 0.15) is 30.0 Å². The second-order valence-electron chi connectivity index (χ2n) is 6.02. The van der Waals surface area contributed by atoms with E-state index in [1.807, 2.05) is 12.1 Å². The molecule has 1 atom stereocenters. The van der Waals surface area contributed by atoms with Crippen LogP contribution >= 0.6 is 0 Å². The molecule has 7 heteroatoms. The van der Waals surface area contributed by atoms with Gasteiger partial charge >= 0.3 is 0 Å². The first-order chi connectivity index (χ1) is 13.0. The lowest BCUT2D eigenvalue weighted by Gasteiger charge is -2.26. The molecule has 0 fully saturated rings. The first-order valence-electron chi connectivity index (χ1n) is 8.39. The molecule has 6 nitrogen and oxygen atoms in total. The lowest BCUT2D eigenvalue weighted by molar-refractivity contribution is -0.305. The Morgan fingerprint density at radius 3 is 2.48 bits per heavy atom. The molecule has 0 radical (unpaired) electrons. The number of carbonyl (C=O) groups is 2. The highest BCUT2D eigenvalue weighted by Crippen LogP contribution is 2.33. The Morgan fingerprint density at radius 1 is 1.15 bits per heavy atom. The smallest absolute Gasteiger partial charge is 0.242 e. The predicted molar refractivity (Wildman–Crippen MR) is 94.3 cm³/mol. The van der Waals surface area contributed by atoms with Crippen molar-refractivity contribution < 1.29 is 23.8 Å². The molecule has 3 rings (SSSR count). The fourth-order valence-corrected chi connectivity index (χ4v) is 2.89. The van der Waals surface area contributed by atoms with Gasteiger partial charge in [0.25, 0.3) is 0 Å². The summed E-state index contributed by atoms with van der Waals surface area (Å²) in [6, 6.07) is 12.6. The molecule has 0 aliphatic carbocycles. The number of nitrogens with zero attached hydrogens (tertiary/aromatic N) is 1. The maximum atomic E-state index is 14.3. The molecular formula is C20H18FN2O4-. The number of carboxylic acid groups (broad SMARTS) is 1. The van der Waals surface area contributed by atoms with E-state index in [1.165, 1.54) is 11.1 Å². The van der Waals surface area contributed by atoms with Crippen LogP contribution in [0.2, 0.25) is 0 Å². The van der Waals surface area contributed by atoms with Gasteiger partial charge in [-0.1, -0.05) is 18.2 Å². The van der Waals surface area contributed by atoms with Crippen LogP contribution in [0.3, 0.4) is 0 Å². The summed E-state index contributed by atoms with van der Waals surface area (Å²) in [4.78, 5) is 23.2. The van der Waals surface area contributed by atoms with Crippen molar-refractivity contribution in [2.24, 2.45) is 0 Å². The average Bonchev–Trinajstić information content (AvgIpc) is 3.11. The van der Waals surface area contributed by atoms with Crippen molar-refractivity contribution in [1.82, 2.24) is 10.4 Å². The van der Waals surface area contributed by atoms with E-state index in [0.29, 0.717) is 17.0 Å². The highest BCUT2D eigenvalue weighted by Gasteiger charge is 2.32. The Labute approximate surface area is 155 Å². The van der Waals surface area contributed by atoms with Gasteiger partial charge in [0, 0.05) is 18.0 Å². The molecule has 1 aliphatic heterocycles. The Kier molecular flexibility index (Phi) is 5.40. The largest absolute Gasteiger partial charge is 0.550 e. The fourth-order valence-electron chi connectivity index (χ4n) is 2.89. The summed E-state index contributed by atoms with van der Waals surface area (Å²) < 4.78 is 19.4. The summed E-state index contributed by atoms with van der Waals surface area (Å²) in [5, 5.41) is 11.9. The number of amides is 1. The summed E-state index contributed by atoms with van der Waals surface area (Å²) in [5.41, 5.74) is 4.69. The van der Waals surface area contributed by atoms with Crippen molar-refractivity contribution >= 4 is 17.6 Å². The third-order valence-electron chi connectivity index (χ3n) is 4.28. The lowest BCUT2D eigenvalue weighted by Crippen LogP contribution is -2.40. The standard InChI is InChI=1S/C20H19FN2O4/c1-27-14-8-6-13(7-9-14)17-12-18(15-4-2-3-5-16(15)21)23(22-17)19(24)10-11-20(25)26/h2-9,12,18,22H,10-11H2,1H3,(H,25,26)/p-1. The molecule has 27 heavy (non-hydrogen) atoms. The van der Waals surface area contributed by atoms with Crippen molar-refractivity contribution in [2.45, 2.75) is 18.9 Å². The zero-order valence-electron chi connectivity index (χ0n) is 14.6. The van der Waals surface area contributed by atoms with Gasteiger partial charge < -0.3 is 14.6 Å². The van der Waals surface area contributed by atoms with Gasteiger partial charge in [0.05, 0.1) is 12.8 Å². The van der Waals surface area contributed by atoms with Gasteiger partial charge in [0.1, 0.15) is 17.6 Å². The van der Waals surface area contributed by atoms with E-state index in [4.69, 9.17) is 4.74 Å². The van der Waals surface area contributed by atoms with Gasteiger partial charge in [-0.3, -0.25) is 10.2 Å². The number of aliphatic carboxylic acids is 1. The number of hydrazine groups is 1. The van der Waals surface area contributed by atoms with Crippen molar-refractivity contribution in [3.05, 3.63) is 71.6 Å². The summed E-state index contributed by atoms with van der Waals surface area (Å²) in [6.45, 7) is 0. The van der Waals surface area contributed by atoms with E-state index in [2.05, 4.69) is 5.43 Å². The minimum atomic E-state index is -1.31. The summed E-state index contributed by atoms with van der Waals surface area (Å²) in [7, 11) is 1.56. The molecule has 0 aromatic heterocycles. The van der Waals surface area contributed by atoms with Crippen LogP contribution in [0.15, 0.2) is 54.6 Å². The molecule has 1 amide bonds. The molecule has 1 unspecified atom stereocenters. The maximum Gasteiger partial charge on any atom is 0.242 e. The number of nitrogens with one attached hydrogen (secondary N) is 1. The third kappa shape index (κ3) is 4.08. The van der Waals surface area contributed by atoms with Gasteiger partial charge in [0.2, 0.25) is 5.91 Å². The van der Waals surface area contributed by atoms with E-state index in [0.717, 1.165) is 5.56 Å². The summed E-state index contributed by atoms with van der Waals surface area (Å²) in [6.07, 6.45) is 1.08. The number of rotatable bonds is 6. The normalized spacial score (nSPS) is 15.9. The molecule has 0 saturated heterocycles. The van der Waals surface area contributed by atoms with Crippen molar-refractivity contribution in [2.75, 3.05) is 7.11 Å². The van der Waals surface area contributed by atoms with Gasteiger partial charge in [-0.05, 0) is 48.4 Å². The Morgan fingerprint density at radius 2 is 1.85 bits per heavy atom. The number of benzene rings is 2. The van der Waals surface area contributed by atoms with Gasteiger partial charge in [-0.2, -0.15) is 0 Å². The first kappa shape index (κ1) is 18.4. The SMILES string of the molecule is COc1ccc(C2=CC(c3ccccc3F)N(C(=O)CCC(=O)[O-])N2)cc1. The minimum absolute atomic E-state index is 0.246. The first-order valence-corrected chi connectivity index (χ1v) is 8.39. The van der Waals surface area contributed by atoms with E-state index in [1.54, 1.807) is 43.5 Å². The summed E-state index contributed by atoms with van der Waals surface area (Å²) in [5.74, 6) is -1.54. The molecule has 1 aliphatic rings. The number of methoxy groups -OCH3 is 1. The van der Waals surface area contributed by atoms with Crippen LogP contribution in [-0.4, -0.2) is 24.0 Å². The van der Waals surface area contributed by atoms with E-state index >= 15 is 0 Å². The topological polar surface area (TPSA) is 81.7 Å². The highest BCUT2D eigenvalue weighted by molar-refractivity contribution is 5.83. The lowest BCUT2D eigenvalue weighted by atomic mass is 10.0. The zero-order chi connectivity index (χ0) is 19.4. The molecule has 0 bridgehead atoms. The number of ether oxygens (including phenoxy) is 1. The van der Waals surface area contributed by atoms with E-state index in [9.17, 15) is 19.1 Å². The van der Waals surface area contributed by atoms with Crippen LogP contribution in [0.25, 0.3) is 5.70 Å². The molecule has 140 valence electrons.